The van der Waals surface area contributed by atoms with Gasteiger partial charge in [-0.15, -0.1) is 0 Å². The Hall–Kier alpha value is -1.11. The molecule has 0 aliphatic carbocycles. The van der Waals surface area contributed by atoms with Crippen LogP contribution in [0.15, 0.2) is 6.20 Å². The molecule has 6 heteroatoms. The quantitative estimate of drug-likeness (QED) is 0.742. The standard InChI is InChI=1S/C14H25N3O3/c1-10(2)4-6-15-13(18)17-8-12(16-14(17)19-3)11-5-7-20-9-11/h8,10-11,13,15,18H,4-7,9H2,1-3H3. The van der Waals surface area contributed by atoms with Crippen molar-refractivity contribution in [1.29, 1.82) is 0 Å². The Balaban J connectivity index is 2.01. The van der Waals surface area contributed by atoms with E-state index in [1.54, 1.807) is 11.7 Å². The lowest BCUT2D eigenvalue weighted by atomic mass is 10.1. The molecule has 0 radical (unpaired) electrons. The minimum atomic E-state index is -0.813. The van der Waals surface area contributed by atoms with Crippen molar-refractivity contribution in [3.8, 4) is 6.01 Å². The van der Waals surface area contributed by atoms with Crippen molar-refractivity contribution in [2.24, 2.45) is 5.92 Å². The van der Waals surface area contributed by atoms with Crippen molar-refractivity contribution in [2.45, 2.75) is 39.0 Å². The van der Waals surface area contributed by atoms with Gasteiger partial charge in [0.25, 0.3) is 6.01 Å². The van der Waals surface area contributed by atoms with Gasteiger partial charge in [-0.3, -0.25) is 9.88 Å². The van der Waals surface area contributed by atoms with E-state index in [4.69, 9.17) is 9.47 Å². The van der Waals surface area contributed by atoms with Crippen LogP contribution in [0.4, 0.5) is 0 Å². The number of imidazole rings is 1. The summed E-state index contributed by atoms with van der Waals surface area (Å²) in [6.45, 7) is 6.53. The molecular formula is C14H25N3O3. The summed E-state index contributed by atoms with van der Waals surface area (Å²) in [5.41, 5.74) is 0.920. The number of methoxy groups -OCH3 is 1. The van der Waals surface area contributed by atoms with Crippen LogP contribution in [0.25, 0.3) is 0 Å². The highest BCUT2D eigenvalue weighted by atomic mass is 16.5. The van der Waals surface area contributed by atoms with E-state index in [2.05, 4.69) is 24.1 Å². The highest BCUT2D eigenvalue weighted by Gasteiger charge is 2.24. The fourth-order valence-electron chi connectivity index (χ4n) is 2.28. The predicted molar refractivity (Wildman–Crippen MR) is 75.7 cm³/mol. The van der Waals surface area contributed by atoms with Gasteiger partial charge in [-0.1, -0.05) is 13.8 Å². The molecule has 2 rings (SSSR count). The maximum Gasteiger partial charge on any atom is 0.299 e. The van der Waals surface area contributed by atoms with Gasteiger partial charge in [0, 0.05) is 18.7 Å². The molecule has 1 aromatic rings. The maximum absolute atomic E-state index is 10.2. The highest BCUT2D eigenvalue weighted by molar-refractivity contribution is 5.14. The van der Waals surface area contributed by atoms with Gasteiger partial charge in [0.1, 0.15) is 0 Å². The van der Waals surface area contributed by atoms with E-state index >= 15 is 0 Å². The molecule has 1 saturated heterocycles. The molecule has 1 aliphatic rings. The van der Waals surface area contributed by atoms with E-state index in [0.717, 1.165) is 31.7 Å². The summed E-state index contributed by atoms with van der Waals surface area (Å²) >= 11 is 0. The summed E-state index contributed by atoms with van der Waals surface area (Å²) < 4.78 is 12.3. The molecule has 2 unspecified atom stereocenters. The molecule has 6 nitrogen and oxygen atoms in total. The van der Waals surface area contributed by atoms with E-state index in [1.807, 2.05) is 6.20 Å². The van der Waals surface area contributed by atoms with Gasteiger partial charge in [-0.05, 0) is 25.3 Å². The first kappa shape index (κ1) is 15.3. The van der Waals surface area contributed by atoms with Crippen LogP contribution in [-0.2, 0) is 4.74 Å². The van der Waals surface area contributed by atoms with Crippen LogP contribution in [0.2, 0.25) is 0 Å². The van der Waals surface area contributed by atoms with Crippen molar-refractivity contribution in [3.63, 3.8) is 0 Å². The summed E-state index contributed by atoms with van der Waals surface area (Å²) in [4.78, 5) is 4.44. The largest absolute Gasteiger partial charge is 0.468 e. The third-order valence-electron chi connectivity index (χ3n) is 3.56. The van der Waals surface area contributed by atoms with E-state index in [1.165, 1.54) is 0 Å². The fourth-order valence-corrected chi connectivity index (χ4v) is 2.28. The van der Waals surface area contributed by atoms with Crippen LogP contribution in [0.5, 0.6) is 6.01 Å². The van der Waals surface area contributed by atoms with E-state index in [0.29, 0.717) is 24.5 Å². The summed E-state index contributed by atoms with van der Waals surface area (Å²) in [5.74, 6) is 0.901. The zero-order chi connectivity index (χ0) is 14.5. The van der Waals surface area contributed by atoms with Crippen LogP contribution in [0.3, 0.4) is 0 Å². The van der Waals surface area contributed by atoms with Crippen LogP contribution in [0, 0.1) is 5.92 Å². The van der Waals surface area contributed by atoms with Crippen LogP contribution in [-0.4, -0.2) is 41.5 Å². The molecule has 2 heterocycles. The molecule has 2 N–H and O–H groups in total. The van der Waals surface area contributed by atoms with Crippen LogP contribution >= 0.6 is 0 Å². The molecule has 2 atom stereocenters. The van der Waals surface area contributed by atoms with Crippen molar-refractivity contribution in [1.82, 2.24) is 14.9 Å². The Morgan fingerprint density at radius 1 is 1.60 bits per heavy atom. The molecule has 0 aromatic carbocycles. The average molecular weight is 283 g/mol. The van der Waals surface area contributed by atoms with Crippen molar-refractivity contribution >= 4 is 0 Å². The molecule has 1 aromatic heterocycles. The second-order valence-corrected chi connectivity index (χ2v) is 5.63. The van der Waals surface area contributed by atoms with Gasteiger partial charge in [0.2, 0.25) is 0 Å². The Labute approximate surface area is 120 Å². The predicted octanol–water partition coefficient (Wildman–Crippen LogP) is 1.48. The van der Waals surface area contributed by atoms with Gasteiger partial charge < -0.3 is 14.6 Å². The number of hydrogen-bond donors (Lipinski definition) is 2. The van der Waals surface area contributed by atoms with Gasteiger partial charge >= 0.3 is 0 Å². The highest BCUT2D eigenvalue weighted by Crippen LogP contribution is 2.27. The Morgan fingerprint density at radius 2 is 2.40 bits per heavy atom. The number of aromatic nitrogens is 2. The molecule has 0 saturated carbocycles. The Kier molecular flexibility index (Phi) is 5.39. The molecule has 1 fully saturated rings. The number of hydrogen-bond acceptors (Lipinski definition) is 5. The van der Waals surface area contributed by atoms with Gasteiger partial charge in [0.15, 0.2) is 6.35 Å². The van der Waals surface area contributed by atoms with Gasteiger partial charge in [0.05, 0.1) is 19.4 Å². The molecule has 20 heavy (non-hydrogen) atoms. The Bertz CT molecular complexity index is 414. The molecule has 0 bridgehead atoms. The third-order valence-corrected chi connectivity index (χ3v) is 3.56. The molecule has 1 aliphatic heterocycles. The van der Waals surface area contributed by atoms with Crippen molar-refractivity contribution in [2.75, 3.05) is 26.9 Å². The number of nitrogens with zero attached hydrogens (tertiary/aromatic N) is 2. The molecule has 0 spiro atoms. The second-order valence-electron chi connectivity index (χ2n) is 5.63. The fraction of sp³-hybridized carbons (Fsp3) is 0.786. The number of aliphatic hydroxyl groups is 1. The molecule has 114 valence electrons. The first-order chi connectivity index (χ1) is 9.61. The lowest BCUT2D eigenvalue weighted by Crippen LogP contribution is -2.28. The number of ether oxygens (including phenoxy) is 2. The first-order valence-electron chi connectivity index (χ1n) is 7.23. The minimum Gasteiger partial charge on any atom is -0.468 e. The van der Waals surface area contributed by atoms with E-state index < -0.39 is 6.35 Å². The Morgan fingerprint density at radius 3 is 3.00 bits per heavy atom. The SMILES string of the molecule is COc1nc(C2CCOC2)cn1C(O)NCCC(C)C. The zero-order valence-electron chi connectivity index (χ0n) is 12.5. The average Bonchev–Trinajstić information content (AvgIpc) is 3.06. The summed E-state index contributed by atoms with van der Waals surface area (Å²) in [7, 11) is 1.56. The summed E-state index contributed by atoms with van der Waals surface area (Å²) in [5, 5.41) is 13.3. The second kappa shape index (κ2) is 7.06. The van der Waals surface area contributed by atoms with E-state index in [-0.39, 0.29) is 0 Å². The normalized spacial score (nSPS) is 20.6. The lowest BCUT2D eigenvalue weighted by Gasteiger charge is -2.16. The van der Waals surface area contributed by atoms with Gasteiger partial charge in [-0.25, -0.2) is 0 Å². The zero-order valence-corrected chi connectivity index (χ0v) is 12.5. The third kappa shape index (κ3) is 3.71. The van der Waals surface area contributed by atoms with Crippen molar-refractivity contribution in [3.05, 3.63) is 11.9 Å². The van der Waals surface area contributed by atoms with Crippen LogP contribution in [0.1, 0.15) is 44.7 Å². The first-order valence-corrected chi connectivity index (χ1v) is 7.23. The topological polar surface area (TPSA) is 68.5 Å². The summed E-state index contributed by atoms with van der Waals surface area (Å²) in [6.07, 6.45) is 3.02. The summed E-state index contributed by atoms with van der Waals surface area (Å²) in [6, 6.07) is 0.427. The minimum absolute atomic E-state index is 0.299. The number of rotatable bonds is 7. The van der Waals surface area contributed by atoms with E-state index in [9.17, 15) is 5.11 Å². The monoisotopic (exact) mass is 283 g/mol. The molecule has 0 amide bonds. The lowest BCUT2D eigenvalue weighted by molar-refractivity contribution is 0.0584. The van der Waals surface area contributed by atoms with Crippen LogP contribution < -0.4 is 10.1 Å². The smallest absolute Gasteiger partial charge is 0.299 e. The maximum atomic E-state index is 10.2. The molecular weight excluding hydrogens is 258 g/mol. The van der Waals surface area contributed by atoms with Gasteiger partial charge in [-0.2, -0.15) is 4.98 Å². The number of aliphatic hydroxyl groups excluding tert-OH is 1. The van der Waals surface area contributed by atoms with Crippen molar-refractivity contribution < 1.29 is 14.6 Å². The number of nitrogens with one attached hydrogen (secondary N) is 1.